The van der Waals surface area contributed by atoms with E-state index in [1.165, 1.54) is 0 Å². The molecule has 0 aliphatic rings. The van der Waals surface area contributed by atoms with Crippen molar-refractivity contribution in [2.75, 3.05) is 7.11 Å². The van der Waals surface area contributed by atoms with Gasteiger partial charge in [0.1, 0.15) is 11.6 Å². The number of hydrogen-bond donors (Lipinski definition) is 1. The molecule has 5 heteroatoms. The first-order chi connectivity index (χ1) is 9.19. The maximum absolute atomic E-state index is 6.25. The number of nitrogens with zero attached hydrogens (tertiary/aromatic N) is 1. The van der Waals surface area contributed by atoms with Gasteiger partial charge >= 0.3 is 0 Å². The average Bonchev–Trinajstić information content (AvgIpc) is 2.80. The number of methoxy groups -OCH3 is 1. The van der Waals surface area contributed by atoms with Crippen molar-refractivity contribution in [1.82, 2.24) is 9.97 Å². The van der Waals surface area contributed by atoms with Crippen LogP contribution in [0.2, 0.25) is 10.0 Å². The third-order valence-electron chi connectivity index (χ3n) is 2.86. The second-order valence-corrected chi connectivity index (χ2v) is 4.91. The van der Waals surface area contributed by atoms with Gasteiger partial charge in [-0.1, -0.05) is 35.3 Å². The van der Waals surface area contributed by atoms with Crippen LogP contribution in [0.1, 0.15) is 0 Å². The van der Waals surface area contributed by atoms with Gasteiger partial charge in [0, 0.05) is 5.02 Å². The number of ether oxygens (including phenoxy) is 1. The lowest BCUT2D eigenvalue weighted by Gasteiger charge is -2.08. The van der Waals surface area contributed by atoms with Crippen LogP contribution < -0.4 is 4.74 Å². The smallest absolute Gasteiger partial charge is 0.143 e. The average molecular weight is 293 g/mol. The Balaban J connectivity index is 2.26. The maximum Gasteiger partial charge on any atom is 0.143 e. The van der Waals surface area contributed by atoms with E-state index in [4.69, 9.17) is 27.9 Å². The maximum atomic E-state index is 6.25. The van der Waals surface area contributed by atoms with Crippen molar-refractivity contribution in [3.05, 3.63) is 46.4 Å². The third kappa shape index (κ3) is 2.15. The van der Waals surface area contributed by atoms with Crippen LogP contribution in [-0.4, -0.2) is 17.1 Å². The van der Waals surface area contributed by atoms with Gasteiger partial charge in [0.15, 0.2) is 0 Å². The molecule has 0 saturated heterocycles. The summed E-state index contributed by atoms with van der Waals surface area (Å²) in [5.41, 5.74) is 2.54. The van der Waals surface area contributed by atoms with E-state index in [9.17, 15) is 0 Å². The number of imidazole rings is 1. The van der Waals surface area contributed by atoms with Crippen molar-refractivity contribution in [3.63, 3.8) is 0 Å². The van der Waals surface area contributed by atoms with E-state index in [2.05, 4.69) is 9.97 Å². The predicted octanol–water partition coefficient (Wildman–Crippen LogP) is 4.55. The number of aromatic amines is 1. The molecule has 2 aromatic carbocycles. The fourth-order valence-electron chi connectivity index (χ4n) is 2.01. The summed E-state index contributed by atoms with van der Waals surface area (Å²) in [7, 11) is 1.58. The van der Waals surface area contributed by atoms with Gasteiger partial charge in [-0.3, -0.25) is 0 Å². The van der Waals surface area contributed by atoms with Crippen LogP contribution in [0.3, 0.4) is 0 Å². The molecule has 0 amide bonds. The molecular formula is C14H10Cl2N2O. The molecule has 3 aromatic rings. The first kappa shape index (κ1) is 12.3. The molecule has 0 saturated carbocycles. The van der Waals surface area contributed by atoms with Crippen molar-refractivity contribution in [2.45, 2.75) is 0 Å². The molecule has 3 nitrogen and oxygen atoms in total. The molecule has 0 atom stereocenters. The second-order valence-electron chi connectivity index (χ2n) is 4.07. The zero-order valence-electron chi connectivity index (χ0n) is 10.1. The molecule has 0 unspecified atom stereocenters. The minimum Gasteiger partial charge on any atom is -0.496 e. The van der Waals surface area contributed by atoms with E-state index in [-0.39, 0.29) is 0 Å². The predicted molar refractivity (Wildman–Crippen MR) is 78.1 cm³/mol. The van der Waals surface area contributed by atoms with Crippen molar-refractivity contribution < 1.29 is 4.74 Å². The number of benzene rings is 2. The molecular weight excluding hydrogens is 283 g/mol. The zero-order valence-corrected chi connectivity index (χ0v) is 11.6. The first-order valence-electron chi connectivity index (χ1n) is 5.67. The highest BCUT2D eigenvalue weighted by Crippen LogP contribution is 2.38. The van der Waals surface area contributed by atoms with Gasteiger partial charge in [0.25, 0.3) is 0 Å². The Kier molecular flexibility index (Phi) is 3.09. The van der Waals surface area contributed by atoms with Gasteiger partial charge in [0.05, 0.1) is 28.7 Å². The van der Waals surface area contributed by atoms with E-state index in [1.54, 1.807) is 19.2 Å². The van der Waals surface area contributed by atoms with Crippen LogP contribution in [0.15, 0.2) is 36.4 Å². The number of para-hydroxylation sites is 2. The molecule has 0 aliphatic carbocycles. The fourth-order valence-corrected chi connectivity index (χ4v) is 2.58. The normalized spacial score (nSPS) is 10.9. The number of hydrogen-bond acceptors (Lipinski definition) is 2. The van der Waals surface area contributed by atoms with Gasteiger partial charge in [-0.05, 0) is 24.3 Å². The van der Waals surface area contributed by atoms with E-state index in [0.29, 0.717) is 27.2 Å². The molecule has 96 valence electrons. The molecule has 1 aromatic heterocycles. The Morgan fingerprint density at radius 2 is 1.95 bits per heavy atom. The largest absolute Gasteiger partial charge is 0.496 e. The Hall–Kier alpha value is -1.71. The summed E-state index contributed by atoms with van der Waals surface area (Å²) in [5.74, 6) is 1.26. The minimum atomic E-state index is 0.503. The SMILES string of the molecule is COc1cc(Cl)cc(Cl)c1-c1nc2ccccc2[nH]1. The monoisotopic (exact) mass is 292 g/mol. The number of H-pyrrole nitrogens is 1. The van der Waals surface area contributed by atoms with E-state index in [1.807, 2.05) is 24.3 Å². The van der Waals surface area contributed by atoms with Crippen molar-refractivity contribution >= 4 is 34.2 Å². The zero-order chi connectivity index (χ0) is 13.4. The summed E-state index contributed by atoms with van der Waals surface area (Å²) in [6.45, 7) is 0. The standard InChI is InChI=1S/C14H10Cl2N2O/c1-19-12-7-8(15)6-9(16)13(12)14-17-10-4-2-3-5-11(10)18-14/h2-7H,1H3,(H,17,18). The summed E-state index contributed by atoms with van der Waals surface area (Å²) in [4.78, 5) is 7.75. The van der Waals surface area contributed by atoms with Crippen LogP contribution in [0.25, 0.3) is 22.4 Å². The van der Waals surface area contributed by atoms with Crippen molar-refractivity contribution in [1.29, 1.82) is 0 Å². The number of fused-ring (bicyclic) bond motifs is 1. The molecule has 19 heavy (non-hydrogen) atoms. The second kappa shape index (κ2) is 4.76. The Morgan fingerprint density at radius 1 is 1.16 bits per heavy atom. The summed E-state index contributed by atoms with van der Waals surface area (Å²) < 4.78 is 5.33. The molecule has 0 spiro atoms. The van der Waals surface area contributed by atoms with Gasteiger partial charge in [-0.2, -0.15) is 0 Å². The summed E-state index contributed by atoms with van der Waals surface area (Å²) >= 11 is 12.2. The number of rotatable bonds is 2. The van der Waals surface area contributed by atoms with Crippen LogP contribution >= 0.6 is 23.2 Å². The van der Waals surface area contributed by atoms with Gasteiger partial charge in [0.2, 0.25) is 0 Å². The Morgan fingerprint density at radius 3 is 2.68 bits per heavy atom. The Labute approximate surface area is 120 Å². The van der Waals surface area contributed by atoms with E-state index >= 15 is 0 Å². The lowest BCUT2D eigenvalue weighted by atomic mass is 10.2. The highest BCUT2D eigenvalue weighted by molar-refractivity contribution is 6.36. The summed E-state index contributed by atoms with van der Waals surface area (Å²) in [6.07, 6.45) is 0. The molecule has 3 rings (SSSR count). The minimum absolute atomic E-state index is 0.503. The van der Waals surface area contributed by atoms with E-state index in [0.717, 1.165) is 11.0 Å². The topological polar surface area (TPSA) is 37.9 Å². The van der Waals surface area contributed by atoms with Crippen LogP contribution in [-0.2, 0) is 0 Å². The first-order valence-corrected chi connectivity index (χ1v) is 6.43. The summed E-state index contributed by atoms with van der Waals surface area (Å²) in [5, 5.41) is 1.03. The van der Waals surface area contributed by atoms with Gasteiger partial charge in [-0.25, -0.2) is 4.98 Å². The number of aromatic nitrogens is 2. The van der Waals surface area contributed by atoms with Crippen LogP contribution in [0.4, 0.5) is 0 Å². The number of halogens is 2. The molecule has 0 radical (unpaired) electrons. The highest BCUT2D eigenvalue weighted by Gasteiger charge is 2.15. The fraction of sp³-hybridized carbons (Fsp3) is 0.0714. The lowest BCUT2D eigenvalue weighted by Crippen LogP contribution is -1.90. The summed E-state index contributed by atoms with van der Waals surface area (Å²) in [6, 6.07) is 11.2. The molecule has 1 heterocycles. The molecule has 0 fully saturated rings. The van der Waals surface area contributed by atoms with Crippen molar-refractivity contribution in [2.24, 2.45) is 0 Å². The molecule has 0 aliphatic heterocycles. The van der Waals surface area contributed by atoms with Gasteiger partial charge in [-0.15, -0.1) is 0 Å². The van der Waals surface area contributed by atoms with Crippen LogP contribution in [0, 0.1) is 0 Å². The quantitative estimate of drug-likeness (QED) is 0.753. The van der Waals surface area contributed by atoms with Gasteiger partial charge < -0.3 is 9.72 Å². The Bertz CT molecular complexity index is 719. The molecule has 1 N–H and O–H groups in total. The lowest BCUT2D eigenvalue weighted by molar-refractivity contribution is 0.416. The van der Waals surface area contributed by atoms with Crippen molar-refractivity contribution in [3.8, 4) is 17.1 Å². The van der Waals surface area contributed by atoms with E-state index < -0.39 is 0 Å². The van der Waals surface area contributed by atoms with Crippen LogP contribution in [0.5, 0.6) is 5.75 Å². The third-order valence-corrected chi connectivity index (χ3v) is 3.38. The molecule has 0 bridgehead atoms. The highest BCUT2D eigenvalue weighted by atomic mass is 35.5. The number of nitrogens with one attached hydrogen (secondary N) is 1.